The predicted octanol–water partition coefficient (Wildman–Crippen LogP) is 19.9. The third-order valence-corrected chi connectivity index (χ3v) is 15.5. The molecule has 10 heteroatoms. The van der Waals surface area contributed by atoms with E-state index < -0.39 is 20.0 Å². The van der Waals surface area contributed by atoms with Crippen LogP contribution in [0.3, 0.4) is 0 Å². The molecule has 0 aromatic heterocycles. The van der Waals surface area contributed by atoms with Gasteiger partial charge in [-0.3, -0.25) is 18.6 Å². The van der Waals surface area contributed by atoms with E-state index in [1.807, 2.05) is 33.3 Å². The van der Waals surface area contributed by atoms with E-state index in [4.69, 9.17) is 13.8 Å². The first-order chi connectivity index (χ1) is 36.4. The summed E-state index contributed by atoms with van der Waals surface area (Å²) in [5, 5.41) is 3.05. The van der Waals surface area contributed by atoms with E-state index in [1.165, 1.54) is 212 Å². The number of nitrogens with zero attached hydrogens (tertiary/aromatic N) is 1. The standard InChI is InChI=1S/C65H125N2O7P/c1-7-10-13-16-19-22-25-28-30-31-32-33-34-35-36-37-38-40-43-46-49-52-55-58-65(69)74-63(56-53-50-47-44-41-27-24-21-18-15-12-9-3)62(61-73-75(70,71)72-60-59-67(4,5)6)66-64(68)57-54-51-48-45-42-39-29-26-23-20-17-14-11-8-2/h28,30,39,42,53,56,62-63H,7-27,29,31-38,40-41,43-52,54-55,57-61H2,1-6H3,(H-,66,68,70,71)/p+1/b30-28+,42-39-,56-53-. The smallest absolute Gasteiger partial charge is 0.456 e. The Morgan fingerprint density at radius 3 is 1.15 bits per heavy atom. The quantitative estimate of drug-likeness (QED) is 0.0205. The van der Waals surface area contributed by atoms with Crippen molar-refractivity contribution in [2.75, 3.05) is 40.9 Å². The van der Waals surface area contributed by atoms with E-state index in [0.29, 0.717) is 23.9 Å². The van der Waals surface area contributed by atoms with Crippen molar-refractivity contribution in [3.8, 4) is 0 Å². The molecule has 0 aliphatic heterocycles. The molecule has 0 spiro atoms. The summed E-state index contributed by atoms with van der Waals surface area (Å²) in [4.78, 5) is 37.7. The fourth-order valence-electron chi connectivity index (χ4n) is 9.52. The van der Waals surface area contributed by atoms with Gasteiger partial charge in [0.05, 0.1) is 33.8 Å². The van der Waals surface area contributed by atoms with Gasteiger partial charge in [0.2, 0.25) is 5.91 Å². The number of quaternary nitrogens is 1. The van der Waals surface area contributed by atoms with Gasteiger partial charge in [-0.25, -0.2) is 4.57 Å². The Morgan fingerprint density at radius 1 is 0.453 bits per heavy atom. The number of nitrogens with one attached hydrogen (secondary N) is 1. The van der Waals surface area contributed by atoms with Crippen molar-refractivity contribution in [2.45, 2.75) is 328 Å². The number of likely N-dealkylation sites (N-methyl/N-ethyl adjacent to an activating group) is 1. The van der Waals surface area contributed by atoms with Gasteiger partial charge in [0.25, 0.3) is 0 Å². The zero-order chi connectivity index (χ0) is 55.0. The Labute approximate surface area is 466 Å². The van der Waals surface area contributed by atoms with E-state index in [-0.39, 0.29) is 25.1 Å². The van der Waals surface area contributed by atoms with E-state index >= 15 is 0 Å². The van der Waals surface area contributed by atoms with Crippen LogP contribution in [0.5, 0.6) is 0 Å². The van der Waals surface area contributed by atoms with E-state index in [9.17, 15) is 19.0 Å². The molecule has 0 aliphatic rings. The molecule has 3 atom stereocenters. The Balaban J connectivity index is 5.13. The van der Waals surface area contributed by atoms with Crippen LogP contribution in [0.25, 0.3) is 0 Å². The number of rotatable bonds is 59. The van der Waals surface area contributed by atoms with Crippen molar-refractivity contribution < 1.29 is 37.3 Å². The second-order valence-electron chi connectivity index (χ2n) is 23.3. The Bertz CT molecular complexity index is 1380. The van der Waals surface area contributed by atoms with Gasteiger partial charge >= 0.3 is 13.8 Å². The molecule has 0 rings (SSSR count). The predicted molar refractivity (Wildman–Crippen MR) is 323 cm³/mol. The third kappa shape index (κ3) is 56.8. The van der Waals surface area contributed by atoms with Crippen LogP contribution >= 0.6 is 7.82 Å². The van der Waals surface area contributed by atoms with Crippen molar-refractivity contribution in [1.29, 1.82) is 0 Å². The lowest BCUT2D eigenvalue weighted by molar-refractivity contribution is -0.870. The highest BCUT2D eigenvalue weighted by atomic mass is 31.2. The normalized spacial score (nSPS) is 13.9. The molecule has 3 unspecified atom stereocenters. The van der Waals surface area contributed by atoms with Crippen LogP contribution in [0.4, 0.5) is 0 Å². The number of hydrogen-bond acceptors (Lipinski definition) is 6. The lowest BCUT2D eigenvalue weighted by atomic mass is 10.0. The largest absolute Gasteiger partial charge is 0.472 e. The summed E-state index contributed by atoms with van der Waals surface area (Å²) in [5.74, 6) is -0.511. The van der Waals surface area contributed by atoms with Gasteiger partial charge in [0, 0.05) is 12.8 Å². The second-order valence-corrected chi connectivity index (χ2v) is 24.7. The summed E-state index contributed by atoms with van der Waals surface area (Å²) in [6, 6.07) is -0.853. The van der Waals surface area contributed by atoms with Gasteiger partial charge < -0.3 is 19.4 Å². The number of phosphoric ester groups is 1. The average Bonchev–Trinajstić information content (AvgIpc) is 3.37. The summed E-state index contributed by atoms with van der Waals surface area (Å²) < 4.78 is 30.7. The summed E-state index contributed by atoms with van der Waals surface area (Å²) in [5.41, 5.74) is 0. The molecule has 9 nitrogen and oxygen atoms in total. The minimum absolute atomic E-state index is 0.0395. The highest BCUT2D eigenvalue weighted by Crippen LogP contribution is 2.43. The van der Waals surface area contributed by atoms with Gasteiger partial charge in [-0.05, 0) is 83.1 Å². The maximum atomic E-state index is 13.5. The summed E-state index contributed by atoms with van der Waals surface area (Å²) >= 11 is 0. The zero-order valence-corrected chi connectivity index (χ0v) is 51.5. The highest BCUT2D eigenvalue weighted by Gasteiger charge is 2.30. The minimum atomic E-state index is -4.45. The summed E-state index contributed by atoms with van der Waals surface area (Å²) in [7, 11) is 1.50. The van der Waals surface area contributed by atoms with Crippen molar-refractivity contribution in [2.24, 2.45) is 0 Å². The maximum absolute atomic E-state index is 13.5. The Hall–Kier alpha value is -1.77. The molecule has 0 heterocycles. The number of allylic oxidation sites excluding steroid dienone is 5. The zero-order valence-electron chi connectivity index (χ0n) is 50.6. The van der Waals surface area contributed by atoms with Crippen LogP contribution < -0.4 is 5.32 Å². The number of phosphoric acid groups is 1. The molecule has 0 aromatic carbocycles. The lowest BCUT2D eigenvalue weighted by Crippen LogP contribution is -2.47. The first kappa shape index (κ1) is 73.2. The van der Waals surface area contributed by atoms with Gasteiger partial charge in [-0.2, -0.15) is 0 Å². The molecular formula is C65H126N2O7P+. The summed E-state index contributed by atoms with van der Waals surface area (Å²) in [6.45, 7) is 7.02. The minimum Gasteiger partial charge on any atom is -0.456 e. The lowest BCUT2D eigenvalue weighted by Gasteiger charge is -2.27. The first-order valence-corrected chi connectivity index (χ1v) is 33.8. The molecule has 0 saturated carbocycles. The number of ether oxygens (including phenoxy) is 1. The molecule has 75 heavy (non-hydrogen) atoms. The van der Waals surface area contributed by atoms with Crippen LogP contribution in [0.1, 0.15) is 316 Å². The number of hydrogen-bond donors (Lipinski definition) is 2. The topological polar surface area (TPSA) is 111 Å². The maximum Gasteiger partial charge on any atom is 0.472 e. The number of esters is 1. The van der Waals surface area contributed by atoms with Crippen LogP contribution in [0.2, 0.25) is 0 Å². The molecule has 1 amide bonds. The first-order valence-electron chi connectivity index (χ1n) is 32.3. The van der Waals surface area contributed by atoms with Gasteiger partial charge in [0.1, 0.15) is 19.3 Å². The number of unbranched alkanes of at least 4 members (excludes halogenated alkanes) is 39. The monoisotopic (exact) mass is 1080 g/mol. The van der Waals surface area contributed by atoms with Crippen molar-refractivity contribution in [1.82, 2.24) is 5.32 Å². The van der Waals surface area contributed by atoms with Crippen molar-refractivity contribution >= 4 is 19.7 Å². The molecule has 0 fully saturated rings. The number of carbonyl (C=O) groups is 2. The number of amides is 1. The van der Waals surface area contributed by atoms with Crippen molar-refractivity contribution in [3.05, 3.63) is 36.5 Å². The van der Waals surface area contributed by atoms with Gasteiger partial charge in [-0.1, -0.05) is 257 Å². The third-order valence-electron chi connectivity index (χ3n) is 14.6. The molecule has 0 aliphatic carbocycles. The van der Waals surface area contributed by atoms with Crippen molar-refractivity contribution in [3.63, 3.8) is 0 Å². The molecule has 2 N–H and O–H groups in total. The van der Waals surface area contributed by atoms with Gasteiger partial charge in [-0.15, -0.1) is 0 Å². The van der Waals surface area contributed by atoms with Crippen LogP contribution in [0.15, 0.2) is 36.5 Å². The van der Waals surface area contributed by atoms with Crippen LogP contribution in [-0.4, -0.2) is 74.3 Å². The highest BCUT2D eigenvalue weighted by molar-refractivity contribution is 7.47. The van der Waals surface area contributed by atoms with E-state index in [0.717, 1.165) is 70.6 Å². The second kappa shape index (κ2) is 55.5. The summed E-state index contributed by atoms with van der Waals surface area (Å²) in [6.07, 6.45) is 67.2. The Morgan fingerprint density at radius 2 is 0.773 bits per heavy atom. The SMILES string of the molecule is CCCCCCCC/C=C/CCCCCCCCCCCCCCCC(=O)OC(/C=C\CCCCCCCCCCCC)C(COP(=O)(O)OCC[N+](C)(C)C)NC(=O)CCCCC/C=C\CCCCCCCCC. The average molecular weight is 1080 g/mol. The molecule has 0 radical (unpaired) electrons. The van der Waals surface area contributed by atoms with Crippen LogP contribution in [0, 0.1) is 0 Å². The van der Waals surface area contributed by atoms with Gasteiger partial charge in [0.15, 0.2) is 0 Å². The molecule has 0 aromatic rings. The molecular weight excluding hydrogens is 952 g/mol. The number of carbonyl (C=O) groups excluding carboxylic acids is 2. The Kier molecular flexibility index (Phi) is 54.2. The van der Waals surface area contributed by atoms with Crippen LogP contribution in [-0.2, 0) is 27.9 Å². The molecule has 442 valence electrons. The fourth-order valence-corrected chi connectivity index (χ4v) is 10.3. The molecule has 0 bridgehead atoms. The van der Waals surface area contributed by atoms with E-state index in [2.05, 4.69) is 50.4 Å². The van der Waals surface area contributed by atoms with E-state index in [1.54, 1.807) is 0 Å². The molecule has 0 saturated heterocycles. The fraction of sp³-hybridized carbons (Fsp3) is 0.877.